The van der Waals surface area contributed by atoms with Crippen molar-refractivity contribution in [3.05, 3.63) is 0 Å². The van der Waals surface area contributed by atoms with E-state index in [9.17, 15) is 4.79 Å². The van der Waals surface area contributed by atoms with Crippen LogP contribution >= 0.6 is 0 Å². The van der Waals surface area contributed by atoms with E-state index in [0.717, 1.165) is 45.3 Å². The highest BCUT2D eigenvalue weighted by molar-refractivity contribution is 5.81. The van der Waals surface area contributed by atoms with Gasteiger partial charge in [0.1, 0.15) is 0 Å². The quantitative estimate of drug-likeness (QED) is 0.676. The van der Waals surface area contributed by atoms with Gasteiger partial charge >= 0.3 is 0 Å². The number of nitrogens with zero attached hydrogens (tertiary/aromatic N) is 1. The highest BCUT2D eigenvalue weighted by Crippen LogP contribution is 2.21. The Labute approximate surface area is 90.6 Å². The second-order valence-corrected chi connectivity index (χ2v) is 4.63. The van der Waals surface area contributed by atoms with Crippen molar-refractivity contribution in [2.24, 2.45) is 5.92 Å². The average Bonchev–Trinajstić information content (AvgIpc) is 2.62. The van der Waals surface area contributed by atoms with Gasteiger partial charge in [-0.3, -0.25) is 9.69 Å². The predicted octanol–water partition coefficient (Wildman–Crippen LogP) is -0.0307. The highest BCUT2D eigenvalue weighted by Gasteiger charge is 2.32. The van der Waals surface area contributed by atoms with E-state index in [1.165, 1.54) is 0 Å². The van der Waals surface area contributed by atoms with Crippen LogP contribution in [0.25, 0.3) is 0 Å². The number of hydrogen-bond acceptors (Lipinski definition) is 3. The molecular weight excluding hydrogens is 192 g/mol. The maximum Gasteiger partial charge on any atom is 0.237 e. The third kappa shape index (κ3) is 2.49. The normalized spacial score (nSPS) is 33.8. The lowest BCUT2D eigenvalue weighted by Gasteiger charge is -2.25. The fraction of sp³-hybridized carbons (Fsp3) is 0.909. The number of carbonyl (C=O) groups excluding carboxylic acids is 1. The van der Waals surface area contributed by atoms with Crippen LogP contribution in [-0.4, -0.2) is 48.2 Å². The van der Waals surface area contributed by atoms with Gasteiger partial charge in [-0.15, -0.1) is 0 Å². The second kappa shape index (κ2) is 4.94. The molecule has 0 radical (unpaired) electrons. The summed E-state index contributed by atoms with van der Waals surface area (Å²) in [4.78, 5) is 14.0. The molecule has 2 unspecified atom stereocenters. The molecule has 2 rings (SSSR count). The van der Waals surface area contributed by atoms with Crippen LogP contribution in [0.4, 0.5) is 0 Å². The van der Waals surface area contributed by atoms with E-state index in [-0.39, 0.29) is 18.6 Å². The van der Waals surface area contributed by atoms with Gasteiger partial charge in [-0.1, -0.05) is 0 Å². The van der Waals surface area contributed by atoms with E-state index in [1.807, 2.05) is 0 Å². The first-order valence-corrected chi connectivity index (χ1v) is 5.94. The van der Waals surface area contributed by atoms with Crippen molar-refractivity contribution in [3.8, 4) is 0 Å². The molecule has 0 bridgehead atoms. The monoisotopic (exact) mass is 212 g/mol. The summed E-state index contributed by atoms with van der Waals surface area (Å²) in [6.07, 6.45) is 4.23. The van der Waals surface area contributed by atoms with E-state index in [4.69, 9.17) is 5.11 Å². The van der Waals surface area contributed by atoms with Crippen molar-refractivity contribution in [3.63, 3.8) is 0 Å². The van der Waals surface area contributed by atoms with Crippen molar-refractivity contribution in [1.82, 2.24) is 10.2 Å². The zero-order valence-electron chi connectivity index (χ0n) is 9.11. The summed E-state index contributed by atoms with van der Waals surface area (Å²) in [5, 5.41) is 12.0. The molecule has 0 aromatic rings. The minimum absolute atomic E-state index is 0.0593. The van der Waals surface area contributed by atoms with Crippen LogP contribution < -0.4 is 5.32 Å². The van der Waals surface area contributed by atoms with E-state index in [1.54, 1.807) is 0 Å². The Hall–Kier alpha value is -0.610. The summed E-state index contributed by atoms with van der Waals surface area (Å²) < 4.78 is 0. The number of carbonyl (C=O) groups is 1. The summed E-state index contributed by atoms with van der Waals surface area (Å²) in [6, 6.07) is 0.0593. The lowest BCUT2D eigenvalue weighted by Crippen LogP contribution is -2.44. The zero-order valence-corrected chi connectivity index (χ0v) is 9.11. The lowest BCUT2D eigenvalue weighted by atomic mass is 10.1. The Balaban J connectivity index is 1.93. The van der Waals surface area contributed by atoms with Gasteiger partial charge in [0.25, 0.3) is 0 Å². The minimum atomic E-state index is 0.0593. The van der Waals surface area contributed by atoms with Gasteiger partial charge < -0.3 is 10.4 Å². The van der Waals surface area contributed by atoms with Crippen molar-refractivity contribution in [2.75, 3.05) is 26.2 Å². The molecule has 0 saturated carbocycles. The lowest BCUT2D eigenvalue weighted by molar-refractivity contribution is -0.125. The third-order valence-corrected chi connectivity index (χ3v) is 3.52. The number of likely N-dealkylation sites (tertiary alicyclic amines) is 1. The smallest absolute Gasteiger partial charge is 0.237 e. The van der Waals surface area contributed by atoms with Gasteiger partial charge in [0.15, 0.2) is 0 Å². The molecule has 2 aliphatic rings. The first kappa shape index (κ1) is 10.9. The molecule has 2 heterocycles. The van der Waals surface area contributed by atoms with Crippen LogP contribution in [0.15, 0.2) is 0 Å². The first-order valence-electron chi connectivity index (χ1n) is 5.94. The van der Waals surface area contributed by atoms with Gasteiger partial charge in [-0.2, -0.15) is 0 Å². The maximum absolute atomic E-state index is 11.8. The van der Waals surface area contributed by atoms with Crippen molar-refractivity contribution in [1.29, 1.82) is 0 Å². The van der Waals surface area contributed by atoms with Gasteiger partial charge in [0, 0.05) is 19.7 Å². The molecule has 4 nitrogen and oxygen atoms in total. The van der Waals surface area contributed by atoms with Crippen molar-refractivity contribution >= 4 is 5.91 Å². The Bertz CT molecular complexity index is 233. The summed E-state index contributed by atoms with van der Waals surface area (Å²) in [6.45, 7) is 2.93. The molecule has 86 valence electrons. The van der Waals surface area contributed by atoms with E-state index in [2.05, 4.69) is 10.2 Å². The van der Waals surface area contributed by atoms with Gasteiger partial charge in [0.05, 0.1) is 6.04 Å². The maximum atomic E-state index is 11.8. The van der Waals surface area contributed by atoms with Crippen LogP contribution in [0.5, 0.6) is 0 Å². The van der Waals surface area contributed by atoms with E-state index >= 15 is 0 Å². The molecule has 0 aromatic heterocycles. The molecule has 15 heavy (non-hydrogen) atoms. The SMILES string of the molecule is O=C1NCCCCC1N1CCC(CO)C1. The van der Waals surface area contributed by atoms with Crippen LogP contribution in [0.3, 0.4) is 0 Å². The van der Waals surface area contributed by atoms with Crippen LogP contribution in [0.1, 0.15) is 25.7 Å². The first-order chi connectivity index (χ1) is 7.31. The molecule has 2 aliphatic heterocycles. The Morgan fingerprint density at radius 2 is 2.27 bits per heavy atom. The molecule has 2 N–H and O–H groups in total. The summed E-state index contributed by atoms with van der Waals surface area (Å²) in [7, 11) is 0. The number of hydrogen-bond donors (Lipinski definition) is 2. The number of amides is 1. The fourth-order valence-electron chi connectivity index (χ4n) is 2.57. The number of rotatable bonds is 2. The molecule has 2 atom stereocenters. The fourth-order valence-corrected chi connectivity index (χ4v) is 2.57. The second-order valence-electron chi connectivity index (χ2n) is 4.63. The number of nitrogens with one attached hydrogen (secondary N) is 1. The summed E-state index contributed by atoms with van der Waals surface area (Å²) >= 11 is 0. The minimum Gasteiger partial charge on any atom is -0.396 e. The van der Waals surface area contributed by atoms with Gasteiger partial charge in [-0.05, 0) is 38.1 Å². The highest BCUT2D eigenvalue weighted by atomic mass is 16.3. The average molecular weight is 212 g/mol. The van der Waals surface area contributed by atoms with E-state index < -0.39 is 0 Å². The molecule has 0 spiro atoms. The summed E-state index contributed by atoms with van der Waals surface area (Å²) in [5.41, 5.74) is 0. The summed E-state index contributed by atoms with van der Waals surface area (Å²) in [5.74, 6) is 0.562. The number of aliphatic hydroxyl groups excluding tert-OH is 1. The number of aliphatic hydroxyl groups is 1. The molecule has 0 aliphatic carbocycles. The molecular formula is C11H20N2O2. The van der Waals surface area contributed by atoms with Gasteiger partial charge in [-0.25, -0.2) is 0 Å². The standard InChI is InChI=1S/C11H20N2O2/c14-8-9-4-6-13(7-9)10-3-1-2-5-12-11(10)15/h9-10,14H,1-8H2,(H,12,15). The van der Waals surface area contributed by atoms with Crippen LogP contribution in [0, 0.1) is 5.92 Å². The topological polar surface area (TPSA) is 52.6 Å². The largest absolute Gasteiger partial charge is 0.396 e. The molecule has 0 aromatic carbocycles. The van der Waals surface area contributed by atoms with E-state index in [0.29, 0.717) is 5.92 Å². The van der Waals surface area contributed by atoms with Crippen LogP contribution in [-0.2, 0) is 4.79 Å². The molecule has 2 fully saturated rings. The Kier molecular flexibility index (Phi) is 3.59. The third-order valence-electron chi connectivity index (χ3n) is 3.52. The molecule has 4 heteroatoms. The zero-order chi connectivity index (χ0) is 10.7. The molecule has 1 amide bonds. The van der Waals surface area contributed by atoms with Crippen molar-refractivity contribution < 1.29 is 9.90 Å². The Morgan fingerprint density at radius 3 is 3.00 bits per heavy atom. The predicted molar refractivity (Wildman–Crippen MR) is 57.4 cm³/mol. The Morgan fingerprint density at radius 1 is 1.40 bits per heavy atom. The van der Waals surface area contributed by atoms with Crippen molar-refractivity contribution in [2.45, 2.75) is 31.7 Å². The molecule has 2 saturated heterocycles. The van der Waals surface area contributed by atoms with Gasteiger partial charge in [0.2, 0.25) is 5.91 Å². The van der Waals surface area contributed by atoms with Crippen LogP contribution in [0.2, 0.25) is 0 Å².